The third-order valence-corrected chi connectivity index (χ3v) is 5.71. The monoisotopic (exact) mass is 457 g/mol. The highest BCUT2D eigenvalue weighted by atomic mass is 16.6. The molecule has 7 heteroatoms. The summed E-state index contributed by atoms with van der Waals surface area (Å²) in [6.07, 6.45) is 1.02. The Kier molecular flexibility index (Phi) is 7.37. The number of hydrogen-bond acceptors (Lipinski definition) is 5. The molecule has 0 fully saturated rings. The first kappa shape index (κ1) is 23.2. The van der Waals surface area contributed by atoms with E-state index in [1.807, 2.05) is 60.7 Å². The van der Waals surface area contributed by atoms with Crippen molar-refractivity contribution in [1.82, 2.24) is 15.7 Å². The molecule has 1 aliphatic heterocycles. The number of benzene rings is 3. The molecule has 0 saturated carbocycles. The van der Waals surface area contributed by atoms with Crippen molar-refractivity contribution >= 4 is 11.8 Å². The molecule has 0 bridgehead atoms. The second-order valence-electron chi connectivity index (χ2n) is 8.01. The first-order valence-electron chi connectivity index (χ1n) is 11.1. The van der Waals surface area contributed by atoms with Gasteiger partial charge in [0, 0.05) is 24.7 Å². The average Bonchev–Trinajstić information content (AvgIpc) is 3.32. The molecule has 0 aromatic heterocycles. The van der Waals surface area contributed by atoms with Gasteiger partial charge in [-0.3, -0.25) is 19.9 Å². The number of amides is 2. The molecule has 0 saturated heterocycles. The number of carbonyl (C=O) groups excluding carboxylic acids is 2. The Hall–Kier alpha value is -3.94. The van der Waals surface area contributed by atoms with Crippen LogP contribution in [0, 0.1) is 0 Å². The molecule has 0 radical (unpaired) electrons. The Balaban J connectivity index is 1.47. The Labute approximate surface area is 198 Å². The topological polar surface area (TPSA) is 90.9 Å². The summed E-state index contributed by atoms with van der Waals surface area (Å²) in [5.74, 6) is -0.648. The van der Waals surface area contributed by atoms with Crippen molar-refractivity contribution in [1.29, 1.82) is 0 Å². The van der Waals surface area contributed by atoms with Crippen LogP contribution in [0.3, 0.4) is 0 Å². The number of aliphatic hydroxyl groups excluding tert-OH is 1. The molecule has 2 atom stereocenters. The molecular formula is C27H27N3O4. The van der Waals surface area contributed by atoms with Crippen LogP contribution in [0.25, 0.3) is 11.1 Å². The van der Waals surface area contributed by atoms with Crippen molar-refractivity contribution in [3.63, 3.8) is 0 Å². The van der Waals surface area contributed by atoms with E-state index in [4.69, 9.17) is 4.84 Å². The van der Waals surface area contributed by atoms with Crippen LogP contribution in [0.15, 0.2) is 96.8 Å². The number of hydrogen-bond donors (Lipinski definition) is 3. The molecule has 174 valence electrons. The van der Waals surface area contributed by atoms with Gasteiger partial charge in [-0.25, -0.2) is 0 Å². The zero-order valence-corrected chi connectivity index (χ0v) is 18.8. The van der Waals surface area contributed by atoms with E-state index in [1.54, 1.807) is 30.5 Å². The first-order valence-corrected chi connectivity index (χ1v) is 11.1. The summed E-state index contributed by atoms with van der Waals surface area (Å²) < 4.78 is 0. The Morgan fingerprint density at radius 1 is 0.971 bits per heavy atom. The van der Waals surface area contributed by atoms with Gasteiger partial charge in [0.15, 0.2) is 0 Å². The zero-order valence-electron chi connectivity index (χ0n) is 18.8. The molecule has 3 aromatic rings. The van der Waals surface area contributed by atoms with Crippen molar-refractivity contribution in [3.8, 4) is 11.1 Å². The van der Waals surface area contributed by atoms with Crippen molar-refractivity contribution in [2.45, 2.75) is 18.6 Å². The molecule has 1 aliphatic rings. The largest absolute Gasteiger partial charge is 0.387 e. The van der Waals surface area contributed by atoms with Crippen LogP contribution < -0.4 is 10.8 Å². The van der Waals surface area contributed by atoms with E-state index in [0.717, 1.165) is 11.1 Å². The highest BCUT2D eigenvalue weighted by Gasteiger charge is 2.35. The number of hydroxylamine groups is 1. The van der Waals surface area contributed by atoms with E-state index >= 15 is 0 Å². The van der Waals surface area contributed by atoms with Gasteiger partial charge in [0.25, 0.3) is 5.91 Å². The second-order valence-corrected chi connectivity index (χ2v) is 8.01. The van der Waals surface area contributed by atoms with Crippen LogP contribution in [0.2, 0.25) is 0 Å². The van der Waals surface area contributed by atoms with Gasteiger partial charge in [0.05, 0.1) is 18.9 Å². The minimum Gasteiger partial charge on any atom is -0.387 e. The molecule has 1 heterocycles. The maximum Gasteiger partial charge on any atom is 0.258 e. The van der Waals surface area contributed by atoms with Gasteiger partial charge in [-0.15, -0.1) is 0 Å². The average molecular weight is 458 g/mol. The number of carbonyl (C=O) groups is 2. The van der Waals surface area contributed by atoms with E-state index < -0.39 is 12.1 Å². The smallest absolute Gasteiger partial charge is 0.258 e. The van der Waals surface area contributed by atoms with E-state index in [2.05, 4.69) is 10.8 Å². The predicted molar refractivity (Wildman–Crippen MR) is 129 cm³/mol. The van der Waals surface area contributed by atoms with Crippen molar-refractivity contribution in [3.05, 3.63) is 108 Å². The molecule has 1 unspecified atom stereocenters. The molecule has 3 N–H and O–H groups in total. The number of aliphatic hydroxyl groups is 1. The fourth-order valence-electron chi connectivity index (χ4n) is 3.93. The summed E-state index contributed by atoms with van der Waals surface area (Å²) in [5, 5.41) is 13.1. The first-order chi connectivity index (χ1) is 16.6. The predicted octanol–water partition coefficient (Wildman–Crippen LogP) is 3.41. The quantitative estimate of drug-likeness (QED) is 0.451. The lowest BCUT2D eigenvalue weighted by Crippen LogP contribution is -2.45. The van der Waals surface area contributed by atoms with E-state index in [9.17, 15) is 14.7 Å². The van der Waals surface area contributed by atoms with Gasteiger partial charge >= 0.3 is 0 Å². The van der Waals surface area contributed by atoms with Crippen molar-refractivity contribution in [2.24, 2.45) is 0 Å². The lowest BCUT2D eigenvalue weighted by molar-refractivity contribution is -0.125. The summed E-state index contributed by atoms with van der Waals surface area (Å²) in [4.78, 5) is 32.7. The molecule has 34 heavy (non-hydrogen) atoms. The molecule has 2 amide bonds. The second kappa shape index (κ2) is 10.8. The summed E-state index contributed by atoms with van der Waals surface area (Å²) in [5.41, 5.74) is 6.57. The van der Waals surface area contributed by atoms with Gasteiger partial charge in [-0.05, 0) is 28.8 Å². The standard InChI is InChI=1S/C27H27N3O4/c1-34-29-23-16-24(26(32)28-17-25(31)21-10-6-3-7-11-21)30(18-23)27(33)22-14-12-20(13-15-22)19-8-4-2-5-9-19/h2-15,18,24-25,29,31H,16-17H2,1H3,(H,28,32)/t24-,25?/m0/s1. The van der Waals surface area contributed by atoms with Gasteiger partial charge in [-0.1, -0.05) is 72.8 Å². The minimum atomic E-state index is -0.842. The Bertz CT molecular complexity index is 1150. The van der Waals surface area contributed by atoms with Gasteiger partial charge in [-0.2, -0.15) is 0 Å². The van der Waals surface area contributed by atoms with Crippen LogP contribution >= 0.6 is 0 Å². The van der Waals surface area contributed by atoms with Crippen LogP contribution in [0.1, 0.15) is 28.4 Å². The lowest BCUT2D eigenvalue weighted by atomic mass is 10.0. The molecule has 3 aromatic carbocycles. The fourth-order valence-corrected chi connectivity index (χ4v) is 3.93. The number of rotatable bonds is 8. The minimum absolute atomic E-state index is 0.0419. The summed E-state index contributed by atoms with van der Waals surface area (Å²) >= 11 is 0. The third-order valence-electron chi connectivity index (χ3n) is 5.71. The van der Waals surface area contributed by atoms with Crippen LogP contribution in [-0.2, 0) is 9.63 Å². The van der Waals surface area contributed by atoms with Gasteiger partial charge in [0.2, 0.25) is 5.91 Å². The zero-order chi connectivity index (χ0) is 23.9. The molecule has 0 aliphatic carbocycles. The maximum absolute atomic E-state index is 13.3. The van der Waals surface area contributed by atoms with Crippen LogP contribution in [0.5, 0.6) is 0 Å². The van der Waals surface area contributed by atoms with E-state index in [-0.39, 0.29) is 24.8 Å². The summed E-state index contributed by atoms with van der Waals surface area (Å²) in [6, 6.07) is 25.5. The van der Waals surface area contributed by atoms with Gasteiger partial charge < -0.3 is 15.3 Å². The number of nitrogens with one attached hydrogen (secondary N) is 2. The van der Waals surface area contributed by atoms with Crippen molar-refractivity contribution in [2.75, 3.05) is 13.7 Å². The Morgan fingerprint density at radius 3 is 2.24 bits per heavy atom. The molecule has 4 rings (SSSR count). The number of nitrogens with zero attached hydrogens (tertiary/aromatic N) is 1. The summed E-state index contributed by atoms with van der Waals surface area (Å²) in [6.45, 7) is 0.0419. The normalized spacial score (nSPS) is 16.0. The molecule has 0 spiro atoms. The van der Waals surface area contributed by atoms with Crippen LogP contribution in [0.4, 0.5) is 0 Å². The van der Waals surface area contributed by atoms with E-state index in [0.29, 0.717) is 16.8 Å². The third kappa shape index (κ3) is 5.33. The summed E-state index contributed by atoms with van der Waals surface area (Å²) in [7, 11) is 1.47. The van der Waals surface area contributed by atoms with Crippen molar-refractivity contribution < 1.29 is 19.5 Å². The lowest BCUT2D eigenvalue weighted by Gasteiger charge is -2.23. The van der Waals surface area contributed by atoms with E-state index in [1.165, 1.54) is 12.0 Å². The highest BCUT2D eigenvalue weighted by Crippen LogP contribution is 2.25. The molecular weight excluding hydrogens is 430 g/mol. The van der Waals surface area contributed by atoms with Crippen LogP contribution in [-0.4, -0.2) is 41.5 Å². The highest BCUT2D eigenvalue weighted by molar-refractivity contribution is 5.99. The van der Waals surface area contributed by atoms with Gasteiger partial charge in [0.1, 0.15) is 6.04 Å². The fraction of sp³-hybridized carbons (Fsp3) is 0.185. The SMILES string of the molecule is CONC1=CN(C(=O)c2ccc(-c3ccccc3)cc2)[C@H](C(=O)NCC(O)c2ccccc2)C1. The molecule has 7 nitrogen and oxygen atoms in total. The maximum atomic E-state index is 13.3. The Morgan fingerprint density at radius 2 is 1.59 bits per heavy atom.